The van der Waals surface area contributed by atoms with Crippen LogP contribution < -0.4 is 4.74 Å². The number of alkyl halides is 2. The molecule has 7 heteroatoms. The quantitative estimate of drug-likeness (QED) is 0.652. The van der Waals surface area contributed by atoms with Crippen LogP contribution in [0, 0.1) is 0 Å². The molecule has 130 valence electrons. The standard InChI is InChI=1S/C17H18ClF2NO2S/c1-2-21(11-14-8-9-15(18)24-14)16(22)10-5-12-3-6-13(7-4-12)23-17(19)20/h3-4,6-9,17H,2,5,10-11H2,1H3. The molecule has 24 heavy (non-hydrogen) atoms. The molecule has 3 nitrogen and oxygen atoms in total. The van der Waals surface area contributed by atoms with Crippen molar-refractivity contribution >= 4 is 28.8 Å². The fourth-order valence-corrected chi connectivity index (χ4v) is 3.35. The van der Waals surface area contributed by atoms with Crippen LogP contribution in [0.15, 0.2) is 36.4 Å². The number of amides is 1. The average molecular weight is 374 g/mol. The van der Waals surface area contributed by atoms with Gasteiger partial charge in [0.05, 0.1) is 10.9 Å². The van der Waals surface area contributed by atoms with Crippen LogP contribution in [-0.2, 0) is 17.8 Å². The van der Waals surface area contributed by atoms with Crippen molar-refractivity contribution in [3.05, 3.63) is 51.2 Å². The third kappa shape index (κ3) is 5.76. The molecule has 0 aliphatic heterocycles. The number of carbonyl (C=O) groups excluding carboxylic acids is 1. The Hall–Kier alpha value is -1.66. The Labute approximate surface area is 148 Å². The molecule has 0 radical (unpaired) electrons. The van der Waals surface area contributed by atoms with E-state index in [1.165, 1.54) is 23.5 Å². The smallest absolute Gasteiger partial charge is 0.387 e. The Bertz CT molecular complexity index is 661. The Morgan fingerprint density at radius 3 is 2.50 bits per heavy atom. The first kappa shape index (κ1) is 18.7. The monoisotopic (exact) mass is 373 g/mol. The second-order valence-corrected chi connectivity index (χ2v) is 6.94. The molecule has 1 amide bonds. The lowest BCUT2D eigenvalue weighted by Gasteiger charge is -2.20. The van der Waals surface area contributed by atoms with Crippen molar-refractivity contribution in [2.24, 2.45) is 0 Å². The zero-order chi connectivity index (χ0) is 17.5. The zero-order valence-corrected chi connectivity index (χ0v) is 14.7. The highest BCUT2D eigenvalue weighted by molar-refractivity contribution is 7.16. The molecular formula is C17H18ClF2NO2S. The van der Waals surface area contributed by atoms with E-state index in [1.807, 2.05) is 19.1 Å². The fraction of sp³-hybridized carbons (Fsp3) is 0.353. The maximum Gasteiger partial charge on any atom is 0.387 e. The molecule has 1 aromatic carbocycles. The summed E-state index contributed by atoms with van der Waals surface area (Å²) in [5.74, 6) is 0.166. The minimum absolute atomic E-state index is 0.0509. The second kappa shape index (κ2) is 8.99. The topological polar surface area (TPSA) is 29.5 Å². The summed E-state index contributed by atoms with van der Waals surface area (Å²) in [6, 6.07) is 10.1. The number of nitrogens with zero attached hydrogens (tertiary/aromatic N) is 1. The Kier molecular flexibility index (Phi) is 6.99. The molecule has 0 unspecified atom stereocenters. The summed E-state index contributed by atoms with van der Waals surface area (Å²) in [5, 5.41) is 0. The van der Waals surface area contributed by atoms with Crippen molar-refractivity contribution in [3.8, 4) is 5.75 Å². The third-order valence-corrected chi connectivity index (χ3v) is 4.70. The van der Waals surface area contributed by atoms with Gasteiger partial charge in [0.25, 0.3) is 0 Å². The average Bonchev–Trinajstić information content (AvgIpc) is 2.96. The number of thiophene rings is 1. The lowest BCUT2D eigenvalue weighted by molar-refractivity contribution is -0.131. The molecule has 0 bridgehead atoms. The molecule has 1 heterocycles. The summed E-state index contributed by atoms with van der Waals surface area (Å²) in [5.41, 5.74) is 0.903. The van der Waals surface area contributed by atoms with Crippen molar-refractivity contribution in [1.29, 1.82) is 0 Å². The number of rotatable bonds is 8. The summed E-state index contributed by atoms with van der Waals surface area (Å²) in [7, 11) is 0. The summed E-state index contributed by atoms with van der Waals surface area (Å²) >= 11 is 7.38. The summed E-state index contributed by atoms with van der Waals surface area (Å²) in [6.07, 6.45) is 0.914. The molecule has 2 aromatic rings. The normalized spacial score (nSPS) is 10.9. The van der Waals surface area contributed by atoms with Gasteiger partial charge in [0, 0.05) is 17.8 Å². The van der Waals surface area contributed by atoms with Crippen molar-refractivity contribution in [2.45, 2.75) is 32.9 Å². The Morgan fingerprint density at radius 2 is 1.96 bits per heavy atom. The number of ether oxygens (including phenoxy) is 1. The van der Waals surface area contributed by atoms with Crippen LogP contribution in [0.2, 0.25) is 4.34 Å². The van der Waals surface area contributed by atoms with Crippen LogP contribution in [0.4, 0.5) is 8.78 Å². The Morgan fingerprint density at radius 1 is 1.25 bits per heavy atom. The maximum absolute atomic E-state index is 12.3. The van der Waals surface area contributed by atoms with Crippen molar-refractivity contribution in [2.75, 3.05) is 6.54 Å². The number of hydrogen-bond donors (Lipinski definition) is 0. The lowest BCUT2D eigenvalue weighted by atomic mass is 10.1. The van der Waals surface area contributed by atoms with Crippen LogP contribution in [0.1, 0.15) is 23.8 Å². The molecule has 0 aliphatic rings. The van der Waals surface area contributed by atoms with E-state index in [0.717, 1.165) is 10.4 Å². The molecule has 2 rings (SSSR count). The van der Waals surface area contributed by atoms with Gasteiger partial charge < -0.3 is 9.64 Å². The number of aryl methyl sites for hydroxylation is 1. The highest BCUT2D eigenvalue weighted by atomic mass is 35.5. The zero-order valence-electron chi connectivity index (χ0n) is 13.2. The van der Waals surface area contributed by atoms with Crippen LogP contribution in [0.25, 0.3) is 0 Å². The molecule has 0 atom stereocenters. The van der Waals surface area contributed by atoms with Crippen molar-refractivity contribution in [1.82, 2.24) is 4.90 Å². The first-order valence-corrected chi connectivity index (χ1v) is 8.73. The maximum atomic E-state index is 12.3. The second-order valence-electron chi connectivity index (χ2n) is 5.14. The number of carbonyl (C=O) groups is 1. The highest BCUT2D eigenvalue weighted by Crippen LogP contribution is 2.23. The van der Waals surface area contributed by atoms with Gasteiger partial charge in [-0.15, -0.1) is 11.3 Å². The molecule has 0 fully saturated rings. The largest absolute Gasteiger partial charge is 0.435 e. The van der Waals surface area contributed by atoms with E-state index in [9.17, 15) is 13.6 Å². The summed E-state index contributed by atoms with van der Waals surface area (Å²) in [4.78, 5) is 15.2. The van der Waals surface area contributed by atoms with E-state index in [4.69, 9.17) is 11.6 Å². The molecular weight excluding hydrogens is 356 g/mol. The predicted molar refractivity (Wildman–Crippen MR) is 91.8 cm³/mol. The van der Waals surface area contributed by atoms with Crippen LogP contribution >= 0.6 is 22.9 Å². The molecule has 0 saturated heterocycles. The van der Waals surface area contributed by atoms with E-state index in [1.54, 1.807) is 17.0 Å². The van der Waals surface area contributed by atoms with Crippen LogP contribution in [-0.4, -0.2) is 24.0 Å². The highest BCUT2D eigenvalue weighted by Gasteiger charge is 2.13. The molecule has 0 N–H and O–H groups in total. The van der Waals surface area contributed by atoms with Crippen LogP contribution in [0.3, 0.4) is 0 Å². The van der Waals surface area contributed by atoms with E-state index in [2.05, 4.69) is 4.74 Å². The SMILES string of the molecule is CCN(Cc1ccc(Cl)s1)C(=O)CCc1ccc(OC(F)F)cc1. The minimum atomic E-state index is -2.83. The molecule has 1 aromatic heterocycles. The van der Waals surface area contributed by atoms with E-state index < -0.39 is 6.61 Å². The van der Waals surface area contributed by atoms with E-state index >= 15 is 0 Å². The van der Waals surface area contributed by atoms with Crippen molar-refractivity contribution in [3.63, 3.8) is 0 Å². The number of halogens is 3. The van der Waals surface area contributed by atoms with Gasteiger partial charge in [-0.1, -0.05) is 23.7 Å². The van der Waals surface area contributed by atoms with Crippen LogP contribution in [0.5, 0.6) is 5.75 Å². The molecule has 0 aliphatic carbocycles. The first-order valence-electron chi connectivity index (χ1n) is 7.53. The van der Waals surface area contributed by atoms with E-state index in [-0.39, 0.29) is 11.7 Å². The summed E-state index contributed by atoms with van der Waals surface area (Å²) in [6.45, 7) is 0.272. The minimum Gasteiger partial charge on any atom is -0.435 e. The molecule has 0 spiro atoms. The summed E-state index contributed by atoms with van der Waals surface area (Å²) < 4.78 is 29.2. The molecule has 0 saturated carbocycles. The van der Waals surface area contributed by atoms with Gasteiger partial charge in [-0.05, 0) is 43.2 Å². The van der Waals surface area contributed by atoms with Crippen molar-refractivity contribution < 1.29 is 18.3 Å². The van der Waals surface area contributed by atoms with Gasteiger partial charge in [-0.25, -0.2) is 0 Å². The van der Waals surface area contributed by atoms with Gasteiger partial charge in [-0.3, -0.25) is 4.79 Å². The van der Waals surface area contributed by atoms with Gasteiger partial charge in [0.2, 0.25) is 5.91 Å². The third-order valence-electron chi connectivity index (χ3n) is 3.49. The number of benzene rings is 1. The van der Waals surface area contributed by atoms with Gasteiger partial charge >= 0.3 is 6.61 Å². The van der Waals surface area contributed by atoms with E-state index in [0.29, 0.717) is 30.3 Å². The van der Waals surface area contributed by atoms with Gasteiger partial charge in [0.15, 0.2) is 0 Å². The number of hydrogen-bond acceptors (Lipinski definition) is 3. The van der Waals surface area contributed by atoms with Gasteiger partial charge in [0.1, 0.15) is 5.75 Å². The van der Waals surface area contributed by atoms with Gasteiger partial charge in [-0.2, -0.15) is 8.78 Å². The predicted octanol–water partition coefficient (Wildman–Crippen LogP) is 4.98. The lowest BCUT2D eigenvalue weighted by Crippen LogP contribution is -2.30. The fourth-order valence-electron chi connectivity index (χ4n) is 2.25. The Balaban J connectivity index is 1.86. The first-order chi connectivity index (χ1) is 11.5.